The Labute approximate surface area is 153 Å². The number of benzene rings is 1. The second kappa shape index (κ2) is 8.30. The van der Waals surface area contributed by atoms with Crippen LogP contribution in [0, 0.1) is 13.8 Å². The van der Waals surface area contributed by atoms with Crippen LogP contribution in [0.3, 0.4) is 0 Å². The first-order chi connectivity index (χ1) is 11.3. The third-order valence-electron chi connectivity index (χ3n) is 5.17. The maximum absolute atomic E-state index is 5.77. The van der Waals surface area contributed by atoms with Gasteiger partial charge in [-0.3, -0.25) is 0 Å². The van der Waals surface area contributed by atoms with E-state index < -0.39 is 0 Å². The smallest absolute Gasteiger partial charge is 0.173 e. The molecule has 1 aromatic carbocycles. The summed E-state index contributed by atoms with van der Waals surface area (Å²) in [6, 6.07) is 8.04. The van der Waals surface area contributed by atoms with Crippen molar-refractivity contribution in [2.45, 2.75) is 72.5 Å². The van der Waals surface area contributed by atoms with Gasteiger partial charge in [0.05, 0.1) is 0 Å². The molecule has 24 heavy (non-hydrogen) atoms. The van der Waals surface area contributed by atoms with Crippen molar-refractivity contribution in [2.75, 3.05) is 18.4 Å². The zero-order valence-corrected chi connectivity index (χ0v) is 16.9. The van der Waals surface area contributed by atoms with Gasteiger partial charge in [-0.25, -0.2) is 0 Å². The number of nitrogens with zero attached hydrogens (tertiary/aromatic N) is 2. The van der Waals surface area contributed by atoms with Crippen LogP contribution in [0.4, 0.5) is 5.69 Å². The zero-order valence-electron chi connectivity index (χ0n) is 16.1. The molecule has 1 saturated heterocycles. The lowest BCUT2D eigenvalue weighted by Gasteiger charge is -2.43. The van der Waals surface area contributed by atoms with Gasteiger partial charge in [-0.2, -0.15) is 0 Å². The average molecular weight is 348 g/mol. The Bertz CT molecular complexity index is 560. The first-order valence-corrected chi connectivity index (χ1v) is 9.61. The van der Waals surface area contributed by atoms with E-state index in [0.29, 0.717) is 18.1 Å². The van der Waals surface area contributed by atoms with Crippen molar-refractivity contribution in [3.05, 3.63) is 29.3 Å². The molecule has 0 saturated carbocycles. The van der Waals surface area contributed by atoms with E-state index in [1.54, 1.807) is 0 Å². The maximum atomic E-state index is 5.77. The van der Waals surface area contributed by atoms with E-state index in [2.05, 4.69) is 74.9 Å². The standard InChI is InChI=1S/C20H33N3S/c1-14(2)22-11-9-19(10-12-22)23(15(3)4)20(24)21-18-8-7-16(5)17(6)13-18/h7-8,13-15,19H,9-12H2,1-6H3,(H,21,24). The van der Waals surface area contributed by atoms with Gasteiger partial charge in [-0.05, 0) is 89.9 Å². The molecule has 1 aromatic rings. The van der Waals surface area contributed by atoms with Crippen LogP contribution in [0.25, 0.3) is 0 Å². The third-order valence-corrected chi connectivity index (χ3v) is 5.48. The number of hydrogen-bond donors (Lipinski definition) is 1. The molecule has 0 atom stereocenters. The van der Waals surface area contributed by atoms with Gasteiger partial charge in [0, 0.05) is 36.9 Å². The number of aryl methyl sites for hydroxylation is 2. The Balaban J connectivity index is 2.04. The second-order valence-corrected chi connectivity index (χ2v) is 7.98. The molecular formula is C20H33N3S. The molecule has 0 unspecified atom stereocenters. The molecular weight excluding hydrogens is 314 g/mol. The molecule has 0 radical (unpaired) electrons. The molecule has 0 aromatic heterocycles. The molecule has 0 amide bonds. The van der Waals surface area contributed by atoms with Crippen molar-refractivity contribution >= 4 is 23.0 Å². The number of anilines is 1. The van der Waals surface area contributed by atoms with Crippen molar-refractivity contribution in [2.24, 2.45) is 0 Å². The van der Waals surface area contributed by atoms with E-state index in [0.717, 1.165) is 23.9 Å². The van der Waals surface area contributed by atoms with Gasteiger partial charge < -0.3 is 15.1 Å². The van der Waals surface area contributed by atoms with Gasteiger partial charge in [-0.1, -0.05) is 6.07 Å². The van der Waals surface area contributed by atoms with Crippen LogP contribution >= 0.6 is 12.2 Å². The summed E-state index contributed by atoms with van der Waals surface area (Å²) >= 11 is 5.77. The first-order valence-electron chi connectivity index (χ1n) is 9.20. The molecule has 1 heterocycles. The third kappa shape index (κ3) is 4.70. The SMILES string of the molecule is Cc1ccc(NC(=S)N(C(C)C)C2CCN(C(C)C)CC2)cc1C. The van der Waals surface area contributed by atoms with Crippen molar-refractivity contribution in [3.63, 3.8) is 0 Å². The summed E-state index contributed by atoms with van der Waals surface area (Å²) in [6.45, 7) is 15.7. The minimum Gasteiger partial charge on any atom is -0.344 e. The average Bonchev–Trinajstić information content (AvgIpc) is 2.51. The number of piperidine rings is 1. The Hall–Kier alpha value is -1.13. The quantitative estimate of drug-likeness (QED) is 0.803. The van der Waals surface area contributed by atoms with Crippen LogP contribution in [-0.2, 0) is 0 Å². The summed E-state index contributed by atoms with van der Waals surface area (Å²) in [7, 11) is 0. The Kier molecular flexibility index (Phi) is 6.64. The summed E-state index contributed by atoms with van der Waals surface area (Å²) in [5, 5.41) is 4.32. The molecule has 4 heteroatoms. The van der Waals surface area contributed by atoms with Crippen molar-refractivity contribution in [3.8, 4) is 0 Å². The van der Waals surface area contributed by atoms with Crippen LogP contribution in [0.15, 0.2) is 18.2 Å². The molecule has 1 aliphatic heterocycles. The van der Waals surface area contributed by atoms with Crippen LogP contribution in [0.2, 0.25) is 0 Å². The lowest BCUT2D eigenvalue weighted by Crippen LogP contribution is -2.52. The highest BCUT2D eigenvalue weighted by molar-refractivity contribution is 7.80. The summed E-state index contributed by atoms with van der Waals surface area (Å²) in [4.78, 5) is 4.97. The van der Waals surface area contributed by atoms with Gasteiger partial charge in [0.25, 0.3) is 0 Å². The lowest BCUT2D eigenvalue weighted by molar-refractivity contribution is 0.117. The number of thiocarbonyl (C=S) groups is 1. The lowest BCUT2D eigenvalue weighted by atomic mass is 10.0. The molecule has 3 nitrogen and oxygen atoms in total. The first kappa shape index (κ1) is 19.2. The van der Waals surface area contributed by atoms with Gasteiger partial charge in [0.1, 0.15) is 0 Å². The fraction of sp³-hybridized carbons (Fsp3) is 0.650. The zero-order chi connectivity index (χ0) is 17.9. The Morgan fingerprint density at radius 2 is 1.75 bits per heavy atom. The van der Waals surface area contributed by atoms with E-state index >= 15 is 0 Å². The van der Waals surface area contributed by atoms with Crippen molar-refractivity contribution < 1.29 is 0 Å². The minimum atomic E-state index is 0.409. The Morgan fingerprint density at radius 1 is 1.12 bits per heavy atom. The van der Waals surface area contributed by atoms with Crippen LogP contribution < -0.4 is 5.32 Å². The van der Waals surface area contributed by atoms with E-state index in [9.17, 15) is 0 Å². The molecule has 1 aliphatic rings. The van der Waals surface area contributed by atoms with E-state index in [4.69, 9.17) is 12.2 Å². The largest absolute Gasteiger partial charge is 0.344 e. The topological polar surface area (TPSA) is 18.5 Å². The number of hydrogen-bond acceptors (Lipinski definition) is 2. The van der Waals surface area contributed by atoms with Gasteiger partial charge in [-0.15, -0.1) is 0 Å². The fourth-order valence-corrected chi connectivity index (χ4v) is 3.99. The van der Waals surface area contributed by atoms with Crippen LogP contribution in [0.1, 0.15) is 51.7 Å². The Morgan fingerprint density at radius 3 is 2.25 bits per heavy atom. The normalized spacial score (nSPS) is 16.7. The predicted molar refractivity (Wildman–Crippen MR) is 109 cm³/mol. The molecule has 0 bridgehead atoms. The van der Waals surface area contributed by atoms with Crippen molar-refractivity contribution in [1.29, 1.82) is 0 Å². The van der Waals surface area contributed by atoms with E-state index in [-0.39, 0.29) is 0 Å². The summed E-state index contributed by atoms with van der Waals surface area (Å²) < 4.78 is 0. The molecule has 1 N–H and O–H groups in total. The van der Waals surface area contributed by atoms with Gasteiger partial charge in [0.15, 0.2) is 5.11 Å². The molecule has 1 fully saturated rings. The van der Waals surface area contributed by atoms with E-state index in [1.807, 2.05) is 0 Å². The molecule has 2 rings (SSSR count). The number of likely N-dealkylation sites (tertiary alicyclic amines) is 1. The highest BCUT2D eigenvalue weighted by Gasteiger charge is 2.28. The predicted octanol–water partition coefficient (Wildman–Crippen LogP) is 4.58. The highest BCUT2D eigenvalue weighted by atomic mass is 32.1. The molecule has 134 valence electrons. The second-order valence-electron chi connectivity index (χ2n) is 7.59. The van der Waals surface area contributed by atoms with Crippen molar-refractivity contribution in [1.82, 2.24) is 9.80 Å². The molecule has 0 aliphatic carbocycles. The summed E-state index contributed by atoms with van der Waals surface area (Å²) in [5.74, 6) is 0. The minimum absolute atomic E-state index is 0.409. The number of nitrogens with one attached hydrogen (secondary N) is 1. The summed E-state index contributed by atoms with van der Waals surface area (Å²) in [5.41, 5.74) is 3.70. The number of rotatable bonds is 4. The van der Waals surface area contributed by atoms with E-state index in [1.165, 1.54) is 24.0 Å². The highest BCUT2D eigenvalue weighted by Crippen LogP contribution is 2.22. The fourth-order valence-electron chi connectivity index (χ4n) is 3.51. The maximum Gasteiger partial charge on any atom is 0.173 e. The molecule has 0 spiro atoms. The monoisotopic (exact) mass is 347 g/mol. The summed E-state index contributed by atoms with van der Waals surface area (Å²) in [6.07, 6.45) is 2.37. The van der Waals surface area contributed by atoms with Crippen LogP contribution in [0.5, 0.6) is 0 Å². The van der Waals surface area contributed by atoms with Gasteiger partial charge in [0.2, 0.25) is 0 Å². The van der Waals surface area contributed by atoms with Gasteiger partial charge >= 0.3 is 0 Å². The van der Waals surface area contributed by atoms with Crippen LogP contribution in [-0.4, -0.2) is 46.1 Å².